The molecule has 1 fully saturated rings. The molecule has 0 radical (unpaired) electrons. The van der Waals surface area contributed by atoms with Gasteiger partial charge in [-0.1, -0.05) is 42.0 Å². The van der Waals surface area contributed by atoms with E-state index in [1.54, 1.807) is 18.2 Å². The Labute approximate surface area is 214 Å². The van der Waals surface area contributed by atoms with Crippen LogP contribution in [0.2, 0.25) is 0 Å². The maximum atomic E-state index is 12.8. The summed E-state index contributed by atoms with van der Waals surface area (Å²) in [7, 11) is 0. The average Bonchev–Trinajstić information content (AvgIpc) is 2.90. The Morgan fingerprint density at radius 2 is 1.42 bits per heavy atom. The van der Waals surface area contributed by atoms with Crippen LogP contribution in [-0.4, -0.2) is 59.4 Å². The van der Waals surface area contributed by atoms with Gasteiger partial charge in [0.15, 0.2) is 0 Å². The fraction of sp³-hybridized carbons (Fsp3) is 0.333. The Morgan fingerprint density at radius 1 is 0.917 bits per heavy atom. The number of aliphatic hydroxyl groups is 1. The number of nitrogens with two attached hydrogens (primary N) is 1. The molecule has 0 bridgehead atoms. The van der Waals surface area contributed by atoms with Crippen LogP contribution in [-0.2, 0) is 0 Å². The number of hydrogen-bond donors (Lipinski definition) is 2. The molecule has 0 aliphatic carbocycles. The highest BCUT2D eigenvalue weighted by Crippen LogP contribution is 2.33. The molecule has 2 amide bonds. The van der Waals surface area contributed by atoms with Gasteiger partial charge in [0.25, 0.3) is 5.91 Å². The Hall–Kier alpha value is -3.64. The van der Waals surface area contributed by atoms with Gasteiger partial charge < -0.3 is 15.7 Å². The normalized spacial score (nSPS) is 14.8. The molecule has 2 aromatic rings. The summed E-state index contributed by atoms with van der Waals surface area (Å²) < 4.78 is 0. The molecule has 1 aliphatic rings. The molecule has 1 heterocycles. The molecule has 0 atom stereocenters. The first kappa shape index (κ1) is 27.0. The Bertz CT molecular complexity index is 1130. The summed E-state index contributed by atoms with van der Waals surface area (Å²) in [6.45, 7) is 9.44. The highest BCUT2D eigenvalue weighted by Gasteiger charge is 2.20. The van der Waals surface area contributed by atoms with Crippen LogP contribution in [0, 0.1) is 0 Å². The minimum atomic E-state index is -0.450. The van der Waals surface area contributed by atoms with Gasteiger partial charge in [-0.05, 0) is 80.7 Å². The largest absolute Gasteiger partial charge is 0.511 e. The first-order valence-corrected chi connectivity index (χ1v) is 12.6. The maximum Gasteiger partial charge on any atom is 0.253 e. The first-order valence-electron chi connectivity index (χ1n) is 12.6. The van der Waals surface area contributed by atoms with Crippen LogP contribution in [0.5, 0.6) is 0 Å². The summed E-state index contributed by atoms with van der Waals surface area (Å²) in [5, 5.41) is 10.2. The summed E-state index contributed by atoms with van der Waals surface area (Å²) in [5.41, 5.74) is 11.1. The molecule has 1 saturated heterocycles. The molecular formula is C30H37N3O3. The van der Waals surface area contributed by atoms with E-state index < -0.39 is 5.91 Å². The van der Waals surface area contributed by atoms with E-state index in [1.807, 2.05) is 74.2 Å². The Balaban J connectivity index is 1.92. The van der Waals surface area contributed by atoms with Gasteiger partial charge in [-0.15, -0.1) is 0 Å². The molecule has 190 valence electrons. The SMILES string of the molecule is C/C=C/C=C(\O)CN1CCC(=C(c2ccc(C(N)=O)cc2)c2ccc(C(=O)N(CC)CC)cc2)CC1. The van der Waals surface area contributed by atoms with Crippen molar-refractivity contribution in [2.75, 3.05) is 32.7 Å². The summed E-state index contributed by atoms with van der Waals surface area (Å²) in [4.78, 5) is 28.4. The van der Waals surface area contributed by atoms with Crippen LogP contribution in [0.3, 0.4) is 0 Å². The van der Waals surface area contributed by atoms with Crippen molar-refractivity contribution >= 4 is 17.4 Å². The van der Waals surface area contributed by atoms with Gasteiger partial charge in [-0.3, -0.25) is 14.5 Å². The molecule has 0 saturated carbocycles. The van der Waals surface area contributed by atoms with Crippen molar-refractivity contribution in [3.63, 3.8) is 0 Å². The zero-order valence-corrected chi connectivity index (χ0v) is 21.5. The molecule has 6 heteroatoms. The number of likely N-dealkylation sites (tertiary alicyclic amines) is 1. The number of rotatable bonds is 9. The average molecular weight is 488 g/mol. The van der Waals surface area contributed by atoms with Crippen LogP contribution in [0.15, 0.2) is 78.1 Å². The number of aliphatic hydroxyl groups excluding tert-OH is 1. The van der Waals surface area contributed by atoms with Crippen molar-refractivity contribution in [1.29, 1.82) is 0 Å². The number of carbonyl (C=O) groups excluding carboxylic acids is 2. The number of hydrogen-bond acceptors (Lipinski definition) is 4. The predicted octanol–water partition coefficient (Wildman–Crippen LogP) is 5.18. The van der Waals surface area contributed by atoms with Crippen LogP contribution >= 0.6 is 0 Å². The highest BCUT2D eigenvalue weighted by atomic mass is 16.3. The quantitative estimate of drug-likeness (QED) is 0.377. The highest BCUT2D eigenvalue weighted by molar-refractivity contribution is 5.95. The monoisotopic (exact) mass is 487 g/mol. The molecule has 3 rings (SSSR count). The maximum absolute atomic E-state index is 12.8. The minimum absolute atomic E-state index is 0.0330. The van der Waals surface area contributed by atoms with Crippen LogP contribution in [0.1, 0.15) is 65.5 Å². The van der Waals surface area contributed by atoms with E-state index in [1.165, 1.54) is 5.57 Å². The minimum Gasteiger partial charge on any atom is -0.511 e. The van der Waals surface area contributed by atoms with Gasteiger partial charge in [0.1, 0.15) is 5.76 Å². The lowest BCUT2D eigenvalue weighted by molar-refractivity contribution is 0.0772. The van der Waals surface area contributed by atoms with Crippen LogP contribution in [0.25, 0.3) is 5.57 Å². The lowest BCUT2D eigenvalue weighted by Gasteiger charge is -2.30. The van der Waals surface area contributed by atoms with Crippen molar-refractivity contribution in [3.8, 4) is 0 Å². The van der Waals surface area contributed by atoms with Crippen molar-refractivity contribution in [2.24, 2.45) is 5.73 Å². The number of amides is 2. The van der Waals surface area contributed by atoms with Gasteiger partial charge in [0.05, 0.1) is 6.54 Å². The number of benzene rings is 2. The third kappa shape index (κ3) is 6.73. The van der Waals surface area contributed by atoms with E-state index in [0.29, 0.717) is 36.5 Å². The second-order valence-electron chi connectivity index (χ2n) is 8.93. The molecule has 0 spiro atoms. The molecule has 3 N–H and O–H groups in total. The fourth-order valence-electron chi connectivity index (χ4n) is 4.57. The third-order valence-corrected chi connectivity index (χ3v) is 6.61. The second-order valence-corrected chi connectivity index (χ2v) is 8.93. The number of allylic oxidation sites excluding steroid dienone is 3. The number of carbonyl (C=O) groups is 2. The molecular weight excluding hydrogens is 450 g/mol. The summed E-state index contributed by atoms with van der Waals surface area (Å²) in [6.07, 6.45) is 7.20. The zero-order valence-electron chi connectivity index (χ0n) is 21.5. The summed E-state index contributed by atoms with van der Waals surface area (Å²) in [5.74, 6) is -0.0592. The zero-order chi connectivity index (χ0) is 26.1. The lowest BCUT2D eigenvalue weighted by atomic mass is 9.87. The second kappa shape index (κ2) is 12.9. The van der Waals surface area contributed by atoms with E-state index in [4.69, 9.17) is 5.73 Å². The number of primary amides is 1. The molecule has 1 aliphatic heterocycles. The van der Waals surface area contributed by atoms with Crippen LogP contribution < -0.4 is 5.73 Å². The van der Waals surface area contributed by atoms with Gasteiger partial charge in [0.2, 0.25) is 5.91 Å². The van der Waals surface area contributed by atoms with Crippen LogP contribution in [0.4, 0.5) is 0 Å². The lowest BCUT2D eigenvalue weighted by Crippen LogP contribution is -2.32. The van der Waals surface area contributed by atoms with Gasteiger partial charge >= 0.3 is 0 Å². The Kier molecular flexibility index (Phi) is 9.65. The van der Waals surface area contributed by atoms with Crippen molar-refractivity contribution in [1.82, 2.24) is 9.80 Å². The van der Waals surface area contributed by atoms with Gasteiger partial charge in [0, 0.05) is 37.3 Å². The number of nitrogens with zero attached hydrogens (tertiary/aromatic N) is 2. The van der Waals surface area contributed by atoms with E-state index in [2.05, 4.69) is 4.90 Å². The molecule has 6 nitrogen and oxygen atoms in total. The van der Waals surface area contributed by atoms with E-state index >= 15 is 0 Å². The van der Waals surface area contributed by atoms with Crippen molar-refractivity contribution in [3.05, 3.63) is 100 Å². The number of piperidine rings is 1. The Morgan fingerprint density at radius 3 is 1.89 bits per heavy atom. The van der Waals surface area contributed by atoms with E-state index in [9.17, 15) is 14.7 Å². The molecule has 0 aromatic heterocycles. The summed E-state index contributed by atoms with van der Waals surface area (Å²) in [6, 6.07) is 15.2. The third-order valence-electron chi connectivity index (χ3n) is 6.61. The predicted molar refractivity (Wildman–Crippen MR) is 146 cm³/mol. The summed E-state index contributed by atoms with van der Waals surface area (Å²) >= 11 is 0. The van der Waals surface area contributed by atoms with E-state index in [-0.39, 0.29) is 5.91 Å². The smallest absolute Gasteiger partial charge is 0.253 e. The topological polar surface area (TPSA) is 86.9 Å². The van der Waals surface area contributed by atoms with Crippen molar-refractivity contribution in [2.45, 2.75) is 33.6 Å². The molecule has 36 heavy (non-hydrogen) atoms. The van der Waals surface area contributed by atoms with E-state index in [0.717, 1.165) is 42.6 Å². The molecule has 0 unspecified atom stereocenters. The first-order chi connectivity index (χ1) is 17.4. The fourth-order valence-corrected chi connectivity index (χ4v) is 4.57. The molecule has 2 aromatic carbocycles. The van der Waals surface area contributed by atoms with Gasteiger partial charge in [-0.2, -0.15) is 0 Å². The van der Waals surface area contributed by atoms with Gasteiger partial charge in [-0.25, -0.2) is 0 Å². The standard InChI is InChI=1S/C30H37N3O3/c1-4-7-8-27(34)21-32-19-17-24(18-20-32)28(22-9-13-25(14-10-22)29(31)35)23-11-15-26(16-12-23)30(36)33(5-2)6-3/h4,7-16,34H,5-6,17-21H2,1-3H3,(H2,31,35)/b7-4+,27-8-. The van der Waals surface area contributed by atoms with Crippen molar-refractivity contribution < 1.29 is 14.7 Å².